The Morgan fingerprint density at radius 1 is 1.12 bits per heavy atom. The molecule has 2 aromatic rings. The number of benzene rings is 2. The zero-order chi connectivity index (χ0) is 17.3. The van der Waals surface area contributed by atoms with Crippen molar-refractivity contribution in [1.29, 1.82) is 0 Å². The zero-order valence-electron chi connectivity index (χ0n) is 15.0. The van der Waals surface area contributed by atoms with Gasteiger partial charge in [-0.3, -0.25) is 4.79 Å². The van der Waals surface area contributed by atoms with E-state index < -0.39 is 0 Å². The number of carbonyl (C=O) groups excluding carboxylic acids is 1. The minimum atomic E-state index is -0.0594. The lowest BCUT2D eigenvalue weighted by Gasteiger charge is -2.41. The van der Waals surface area contributed by atoms with Crippen LogP contribution < -0.4 is 10.2 Å². The monoisotopic (exact) mass is 322 g/mol. The maximum atomic E-state index is 12.8. The number of hydrogen-bond acceptors (Lipinski definition) is 3. The van der Waals surface area contributed by atoms with E-state index in [9.17, 15) is 4.79 Å². The van der Waals surface area contributed by atoms with Crippen LogP contribution in [0.15, 0.2) is 48.5 Å². The van der Waals surface area contributed by atoms with Crippen molar-refractivity contribution in [3.63, 3.8) is 0 Å². The lowest BCUT2D eigenvalue weighted by molar-refractivity contribution is 0.0998. The van der Waals surface area contributed by atoms with Crippen LogP contribution in [0.25, 0.3) is 0 Å². The van der Waals surface area contributed by atoms with Gasteiger partial charge in [-0.05, 0) is 37.5 Å². The fourth-order valence-electron chi connectivity index (χ4n) is 3.28. The normalized spacial score (nSPS) is 15.8. The summed E-state index contributed by atoms with van der Waals surface area (Å²) in [6, 6.07) is 16.2. The number of nitrogens with one attached hydrogen (secondary N) is 1. The predicted octanol–water partition coefficient (Wildman–Crippen LogP) is 4.70. The van der Waals surface area contributed by atoms with E-state index in [-0.39, 0.29) is 11.3 Å². The quantitative estimate of drug-likeness (QED) is 0.828. The van der Waals surface area contributed by atoms with Crippen molar-refractivity contribution in [2.24, 2.45) is 0 Å². The maximum absolute atomic E-state index is 12.8. The minimum Gasteiger partial charge on any atom is -0.377 e. The van der Waals surface area contributed by atoms with Crippen LogP contribution in [0.4, 0.5) is 11.4 Å². The summed E-state index contributed by atoms with van der Waals surface area (Å²) < 4.78 is 0. The number of rotatable bonds is 4. The molecule has 3 nitrogen and oxygen atoms in total. The maximum Gasteiger partial charge on any atom is 0.182 e. The van der Waals surface area contributed by atoms with Crippen molar-refractivity contribution in [2.75, 3.05) is 23.3 Å². The number of Topliss-reactive ketones (excluding diaryl/α,β-unsaturated/α-hetero) is 1. The Hall–Kier alpha value is -2.29. The number of fused-ring (bicyclic) bond motifs is 1. The van der Waals surface area contributed by atoms with Gasteiger partial charge in [-0.25, -0.2) is 0 Å². The Balaban J connectivity index is 1.81. The van der Waals surface area contributed by atoms with E-state index >= 15 is 0 Å². The number of hydrogen-bond donors (Lipinski definition) is 1. The first-order chi connectivity index (χ1) is 11.4. The summed E-state index contributed by atoms with van der Waals surface area (Å²) in [6.07, 6.45) is 0. The van der Waals surface area contributed by atoms with Gasteiger partial charge in [0.2, 0.25) is 0 Å². The molecule has 0 aromatic heterocycles. The van der Waals surface area contributed by atoms with E-state index in [0.717, 1.165) is 23.5 Å². The molecule has 1 aliphatic rings. The average molecular weight is 322 g/mol. The molecular weight excluding hydrogens is 296 g/mol. The van der Waals surface area contributed by atoms with Gasteiger partial charge in [-0.1, -0.05) is 50.2 Å². The highest BCUT2D eigenvalue weighted by Gasteiger charge is 2.30. The molecule has 3 heteroatoms. The van der Waals surface area contributed by atoms with Crippen LogP contribution in [0.3, 0.4) is 0 Å². The van der Waals surface area contributed by atoms with E-state index in [2.05, 4.69) is 62.2 Å². The van der Waals surface area contributed by atoms with E-state index in [1.165, 1.54) is 5.56 Å². The molecule has 0 radical (unpaired) electrons. The molecule has 1 N–H and O–H groups in total. The molecule has 0 atom stereocenters. The average Bonchev–Trinajstić information content (AvgIpc) is 2.53. The molecule has 3 rings (SSSR count). The molecule has 0 saturated carbocycles. The fourth-order valence-corrected chi connectivity index (χ4v) is 3.28. The highest BCUT2D eigenvalue weighted by Crippen LogP contribution is 2.34. The van der Waals surface area contributed by atoms with Crippen molar-refractivity contribution in [1.82, 2.24) is 0 Å². The van der Waals surface area contributed by atoms with Crippen LogP contribution in [0.1, 0.15) is 49.5 Å². The molecule has 0 unspecified atom stereocenters. The number of nitrogens with zero attached hydrogens (tertiary/aromatic N) is 1. The van der Waals surface area contributed by atoms with E-state index in [0.29, 0.717) is 12.5 Å². The third kappa shape index (κ3) is 3.45. The molecule has 0 amide bonds. The molecular formula is C21H26N2O. The zero-order valence-corrected chi connectivity index (χ0v) is 15.0. The second-order valence-electron chi connectivity index (χ2n) is 7.58. The van der Waals surface area contributed by atoms with E-state index in [4.69, 9.17) is 0 Å². The van der Waals surface area contributed by atoms with Gasteiger partial charge in [0.25, 0.3) is 0 Å². The third-order valence-corrected chi connectivity index (χ3v) is 4.54. The van der Waals surface area contributed by atoms with E-state index in [1.54, 1.807) is 0 Å². The first-order valence-electron chi connectivity index (χ1n) is 8.61. The Bertz CT molecular complexity index is 732. The lowest BCUT2D eigenvalue weighted by Crippen LogP contribution is -2.50. The second kappa shape index (κ2) is 6.31. The Morgan fingerprint density at radius 3 is 2.46 bits per heavy atom. The smallest absolute Gasteiger partial charge is 0.182 e. The Labute approximate surface area is 144 Å². The Kier molecular flexibility index (Phi) is 4.35. The molecule has 126 valence electrons. The molecule has 0 spiro atoms. The molecule has 0 saturated heterocycles. The SMILES string of the molecule is CC(C)c1ccc(C(=O)CN2CC(C)(C)Nc3ccccc32)cc1. The highest BCUT2D eigenvalue weighted by molar-refractivity contribution is 6.00. The van der Waals surface area contributed by atoms with Crippen LogP contribution in [0.5, 0.6) is 0 Å². The molecule has 24 heavy (non-hydrogen) atoms. The van der Waals surface area contributed by atoms with Gasteiger partial charge in [0.05, 0.1) is 17.9 Å². The van der Waals surface area contributed by atoms with Gasteiger partial charge in [-0.15, -0.1) is 0 Å². The standard InChI is InChI=1S/C21H26N2O/c1-15(2)16-9-11-17(12-10-16)20(24)13-23-14-21(3,4)22-18-7-5-6-8-19(18)23/h5-12,15,22H,13-14H2,1-4H3. The Morgan fingerprint density at radius 2 is 1.79 bits per heavy atom. The van der Waals surface area contributed by atoms with Crippen LogP contribution in [-0.2, 0) is 0 Å². The molecule has 1 heterocycles. The number of para-hydroxylation sites is 2. The predicted molar refractivity (Wildman–Crippen MR) is 101 cm³/mol. The number of carbonyl (C=O) groups is 1. The third-order valence-electron chi connectivity index (χ3n) is 4.54. The molecule has 0 bridgehead atoms. The molecule has 1 aliphatic heterocycles. The van der Waals surface area contributed by atoms with Gasteiger partial charge in [-0.2, -0.15) is 0 Å². The summed E-state index contributed by atoms with van der Waals surface area (Å²) in [6.45, 7) is 9.87. The largest absolute Gasteiger partial charge is 0.377 e. The van der Waals surface area contributed by atoms with Gasteiger partial charge in [0.1, 0.15) is 0 Å². The van der Waals surface area contributed by atoms with E-state index in [1.807, 2.05) is 24.3 Å². The van der Waals surface area contributed by atoms with Gasteiger partial charge in [0.15, 0.2) is 5.78 Å². The molecule has 0 fully saturated rings. The van der Waals surface area contributed by atoms with Crippen molar-refractivity contribution >= 4 is 17.2 Å². The van der Waals surface area contributed by atoms with Gasteiger partial charge >= 0.3 is 0 Å². The van der Waals surface area contributed by atoms with Gasteiger partial charge in [0, 0.05) is 17.6 Å². The fraction of sp³-hybridized carbons (Fsp3) is 0.381. The lowest BCUT2D eigenvalue weighted by atomic mass is 9.97. The van der Waals surface area contributed by atoms with Crippen molar-refractivity contribution in [2.45, 2.75) is 39.2 Å². The summed E-state index contributed by atoms with van der Waals surface area (Å²) >= 11 is 0. The van der Waals surface area contributed by atoms with Crippen LogP contribution in [0.2, 0.25) is 0 Å². The van der Waals surface area contributed by atoms with Crippen molar-refractivity contribution < 1.29 is 4.79 Å². The minimum absolute atomic E-state index is 0.0594. The van der Waals surface area contributed by atoms with Gasteiger partial charge < -0.3 is 10.2 Å². The first-order valence-corrected chi connectivity index (χ1v) is 8.61. The van der Waals surface area contributed by atoms with Crippen LogP contribution in [-0.4, -0.2) is 24.4 Å². The number of ketones is 1. The number of anilines is 2. The topological polar surface area (TPSA) is 32.3 Å². The highest BCUT2D eigenvalue weighted by atomic mass is 16.1. The van der Waals surface area contributed by atoms with Crippen molar-refractivity contribution in [3.8, 4) is 0 Å². The molecule has 2 aromatic carbocycles. The molecule has 0 aliphatic carbocycles. The second-order valence-corrected chi connectivity index (χ2v) is 7.58. The first kappa shape index (κ1) is 16.6. The summed E-state index contributed by atoms with van der Waals surface area (Å²) in [4.78, 5) is 14.9. The van der Waals surface area contributed by atoms with Crippen LogP contribution >= 0.6 is 0 Å². The summed E-state index contributed by atoms with van der Waals surface area (Å²) in [5, 5.41) is 3.55. The van der Waals surface area contributed by atoms with Crippen molar-refractivity contribution in [3.05, 3.63) is 59.7 Å². The summed E-state index contributed by atoms with van der Waals surface area (Å²) in [5.41, 5.74) is 4.19. The van der Waals surface area contributed by atoms with Crippen LogP contribution in [0, 0.1) is 0 Å². The summed E-state index contributed by atoms with van der Waals surface area (Å²) in [7, 11) is 0. The summed E-state index contributed by atoms with van der Waals surface area (Å²) in [5.74, 6) is 0.646.